The van der Waals surface area contributed by atoms with Crippen LogP contribution in [0, 0.1) is 0 Å². The molecule has 1 aromatic heterocycles. The van der Waals surface area contributed by atoms with Crippen LogP contribution in [0.3, 0.4) is 0 Å². The number of alkyl halides is 3. The summed E-state index contributed by atoms with van der Waals surface area (Å²) in [5.41, 5.74) is 0.531. The van der Waals surface area contributed by atoms with E-state index in [1.807, 2.05) is 45.0 Å². The molecule has 0 saturated carbocycles. The maximum Gasteiger partial charge on any atom is 0.416 e. The summed E-state index contributed by atoms with van der Waals surface area (Å²) in [7, 11) is 0. The monoisotopic (exact) mass is 432 g/mol. The Bertz CT molecular complexity index is 1110. The van der Waals surface area contributed by atoms with Crippen molar-refractivity contribution in [2.24, 2.45) is 0 Å². The van der Waals surface area contributed by atoms with Gasteiger partial charge in [-0.3, -0.25) is 0 Å². The molecule has 0 unspecified atom stereocenters. The molecule has 0 N–H and O–H groups in total. The van der Waals surface area contributed by atoms with Crippen molar-refractivity contribution in [2.75, 3.05) is 13.1 Å². The summed E-state index contributed by atoms with van der Waals surface area (Å²) in [5.74, 6) is 0. The van der Waals surface area contributed by atoms with Gasteiger partial charge in [0.2, 0.25) is 0 Å². The minimum absolute atomic E-state index is 0.0894. The number of nitrogens with zero attached hydrogens (tertiary/aromatic N) is 2. The Morgan fingerprint density at radius 1 is 0.968 bits per heavy atom. The number of fused-ring (bicyclic) bond motifs is 3. The lowest BCUT2D eigenvalue weighted by molar-refractivity contribution is -0.137. The molecule has 7 heteroatoms. The number of hydrogen-bond acceptors (Lipinski definition) is 2. The molecular weight excluding hydrogens is 405 g/mol. The second kappa shape index (κ2) is 7.77. The molecular formula is C24H27F3N2O2. The molecule has 1 aliphatic heterocycles. The zero-order chi connectivity index (χ0) is 22.4. The van der Waals surface area contributed by atoms with E-state index in [-0.39, 0.29) is 12.1 Å². The first-order valence-corrected chi connectivity index (χ1v) is 10.6. The van der Waals surface area contributed by atoms with E-state index in [2.05, 4.69) is 4.57 Å². The van der Waals surface area contributed by atoms with Gasteiger partial charge in [-0.15, -0.1) is 0 Å². The van der Waals surface area contributed by atoms with Crippen molar-refractivity contribution < 1.29 is 22.7 Å². The predicted molar refractivity (Wildman–Crippen MR) is 115 cm³/mol. The van der Waals surface area contributed by atoms with Gasteiger partial charge in [-0.05, 0) is 64.3 Å². The molecule has 4 rings (SSSR count). The first-order valence-electron chi connectivity index (χ1n) is 10.6. The van der Waals surface area contributed by atoms with E-state index in [1.165, 1.54) is 6.07 Å². The number of rotatable bonds is 1. The summed E-state index contributed by atoms with van der Waals surface area (Å²) in [6, 6.07) is 11.7. The van der Waals surface area contributed by atoms with Gasteiger partial charge < -0.3 is 14.2 Å². The number of aromatic nitrogens is 1. The van der Waals surface area contributed by atoms with Gasteiger partial charge >= 0.3 is 12.3 Å². The molecule has 0 radical (unpaired) electrons. The van der Waals surface area contributed by atoms with Crippen LogP contribution in [0.5, 0.6) is 0 Å². The lowest BCUT2D eigenvalue weighted by Gasteiger charge is -2.26. The molecule has 1 atom stereocenters. The lowest BCUT2D eigenvalue weighted by atomic mass is 10.1. The fourth-order valence-corrected chi connectivity index (χ4v) is 4.42. The third-order valence-electron chi connectivity index (χ3n) is 5.75. The van der Waals surface area contributed by atoms with Gasteiger partial charge in [0.15, 0.2) is 0 Å². The van der Waals surface area contributed by atoms with Crippen LogP contribution in [0.2, 0.25) is 0 Å². The van der Waals surface area contributed by atoms with Crippen molar-refractivity contribution >= 4 is 27.9 Å². The van der Waals surface area contributed by atoms with E-state index in [4.69, 9.17) is 4.74 Å². The zero-order valence-electron chi connectivity index (χ0n) is 18.0. The highest BCUT2D eigenvalue weighted by atomic mass is 19.4. The van der Waals surface area contributed by atoms with E-state index < -0.39 is 17.3 Å². The molecule has 4 nitrogen and oxygen atoms in total. The zero-order valence-corrected chi connectivity index (χ0v) is 18.0. The van der Waals surface area contributed by atoms with Crippen LogP contribution in [-0.2, 0) is 10.9 Å². The van der Waals surface area contributed by atoms with Crippen molar-refractivity contribution in [1.82, 2.24) is 9.47 Å². The van der Waals surface area contributed by atoms with Gasteiger partial charge in [0, 0.05) is 40.9 Å². The first-order chi connectivity index (χ1) is 14.5. The number of carbonyl (C=O) groups is 1. The highest BCUT2D eigenvalue weighted by Gasteiger charge is 2.32. The quantitative estimate of drug-likeness (QED) is 0.425. The number of halogens is 3. The van der Waals surface area contributed by atoms with E-state index in [9.17, 15) is 18.0 Å². The average molecular weight is 432 g/mol. The van der Waals surface area contributed by atoms with Crippen molar-refractivity contribution in [2.45, 2.75) is 57.9 Å². The number of likely N-dealkylation sites (tertiary alicyclic amines) is 1. The summed E-state index contributed by atoms with van der Waals surface area (Å²) >= 11 is 0. The minimum Gasteiger partial charge on any atom is -0.444 e. The summed E-state index contributed by atoms with van der Waals surface area (Å²) in [5, 5.41) is 1.43. The van der Waals surface area contributed by atoms with Gasteiger partial charge in [-0.1, -0.05) is 18.2 Å². The van der Waals surface area contributed by atoms with Crippen molar-refractivity contribution in [1.29, 1.82) is 0 Å². The fourth-order valence-electron chi connectivity index (χ4n) is 4.42. The topological polar surface area (TPSA) is 34.5 Å². The molecule has 0 aliphatic carbocycles. The standard InChI is InChI=1S/C24H27F3N2O2/c1-23(2,3)31-22(30)28-13-6-7-17(12-14-28)29-20-9-5-4-8-18(20)19-15-16(24(25,26)27)10-11-21(19)29/h4-5,8-11,15,17H,6-7,12-14H2,1-3H3/t17-/m1/s1. The second-order valence-corrected chi connectivity index (χ2v) is 9.17. The Morgan fingerprint density at radius 3 is 2.39 bits per heavy atom. The van der Waals surface area contributed by atoms with Crippen LogP contribution in [0.1, 0.15) is 51.6 Å². The van der Waals surface area contributed by atoms with Crippen LogP contribution in [-0.4, -0.2) is 34.3 Å². The number of benzene rings is 2. The number of amides is 1. The maximum atomic E-state index is 13.3. The molecule has 1 amide bonds. The Balaban J connectivity index is 1.70. The average Bonchev–Trinajstić information content (AvgIpc) is 2.82. The molecule has 0 bridgehead atoms. The Labute approximate surface area is 179 Å². The number of ether oxygens (including phenoxy) is 1. The van der Waals surface area contributed by atoms with E-state index in [1.54, 1.807) is 11.0 Å². The number of para-hydroxylation sites is 1. The summed E-state index contributed by atoms with van der Waals surface area (Å²) in [6.07, 6.45) is -2.33. The minimum atomic E-state index is -4.38. The van der Waals surface area contributed by atoms with E-state index in [0.29, 0.717) is 24.9 Å². The Hall–Kier alpha value is -2.70. The first kappa shape index (κ1) is 21.5. The Morgan fingerprint density at radius 2 is 1.68 bits per heavy atom. The molecule has 0 spiro atoms. The lowest BCUT2D eigenvalue weighted by Crippen LogP contribution is -2.37. The molecule has 31 heavy (non-hydrogen) atoms. The van der Waals surface area contributed by atoms with E-state index in [0.717, 1.165) is 35.3 Å². The van der Waals surface area contributed by atoms with Gasteiger partial charge in [0.05, 0.1) is 5.56 Å². The molecule has 2 aromatic carbocycles. The largest absolute Gasteiger partial charge is 0.444 e. The normalized spacial score (nSPS) is 18.4. The van der Waals surface area contributed by atoms with E-state index >= 15 is 0 Å². The van der Waals surface area contributed by atoms with Gasteiger partial charge in [0.1, 0.15) is 5.60 Å². The SMILES string of the molecule is CC(C)(C)OC(=O)N1CCC[C@@H](n2c3ccccc3c3cc(C(F)(F)F)ccc32)CC1. The highest BCUT2D eigenvalue weighted by Crippen LogP contribution is 2.39. The molecule has 3 aromatic rings. The highest BCUT2D eigenvalue weighted by molar-refractivity contribution is 6.08. The van der Waals surface area contributed by atoms with Crippen molar-refractivity contribution in [3.05, 3.63) is 48.0 Å². The molecule has 1 aliphatic rings. The van der Waals surface area contributed by atoms with Gasteiger partial charge in [0.25, 0.3) is 0 Å². The molecule has 2 heterocycles. The van der Waals surface area contributed by atoms with Crippen LogP contribution in [0.25, 0.3) is 21.8 Å². The molecule has 1 saturated heterocycles. The van der Waals surface area contributed by atoms with Crippen molar-refractivity contribution in [3.8, 4) is 0 Å². The third kappa shape index (κ3) is 4.36. The fraction of sp³-hybridized carbons (Fsp3) is 0.458. The van der Waals surface area contributed by atoms with Crippen LogP contribution >= 0.6 is 0 Å². The second-order valence-electron chi connectivity index (χ2n) is 9.17. The smallest absolute Gasteiger partial charge is 0.416 e. The summed E-state index contributed by atoms with van der Waals surface area (Å²) < 4.78 is 47.6. The molecule has 1 fully saturated rings. The van der Waals surface area contributed by atoms with Crippen LogP contribution in [0.4, 0.5) is 18.0 Å². The van der Waals surface area contributed by atoms with Crippen molar-refractivity contribution in [3.63, 3.8) is 0 Å². The van der Waals surface area contributed by atoms with Crippen LogP contribution < -0.4 is 0 Å². The summed E-state index contributed by atoms with van der Waals surface area (Å²) in [6.45, 7) is 6.70. The molecule has 166 valence electrons. The maximum absolute atomic E-state index is 13.3. The Kier molecular flexibility index (Phi) is 5.40. The van der Waals surface area contributed by atoms with Crippen LogP contribution in [0.15, 0.2) is 42.5 Å². The van der Waals surface area contributed by atoms with Gasteiger partial charge in [-0.2, -0.15) is 13.2 Å². The third-order valence-corrected chi connectivity index (χ3v) is 5.75. The number of hydrogen-bond donors (Lipinski definition) is 0. The van der Waals surface area contributed by atoms with Gasteiger partial charge in [-0.25, -0.2) is 4.79 Å². The predicted octanol–water partition coefficient (Wildman–Crippen LogP) is 6.78. The number of carbonyl (C=O) groups excluding carboxylic acids is 1. The summed E-state index contributed by atoms with van der Waals surface area (Å²) in [4.78, 5) is 14.2.